The molecule has 1 fully saturated rings. The van der Waals surface area contributed by atoms with Crippen molar-refractivity contribution >= 4 is 15.9 Å². The first kappa shape index (κ1) is 15.9. The lowest BCUT2D eigenvalue weighted by atomic mass is 10.0. The van der Waals surface area contributed by atoms with Crippen LogP contribution in [-0.4, -0.2) is 33.1 Å². The quantitative estimate of drug-likeness (QED) is 0.867. The van der Waals surface area contributed by atoms with Crippen molar-refractivity contribution in [3.8, 4) is 0 Å². The number of sulfonamides is 1. The van der Waals surface area contributed by atoms with Gasteiger partial charge >= 0.3 is 0 Å². The number of amides is 1. The van der Waals surface area contributed by atoms with E-state index in [-0.39, 0.29) is 22.9 Å². The predicted molar refractivity (Wildman–Crippen MR) is 78.5 cm³/mol. The third-order valence-electron chi connectivity index (χ3n) is 3.60. The molecule has 1 aromatic rings. The molecule has 1 saturated heterocycles. The number of aryl methyl sites for hydroxylation is 1. The van der Waals surface area contributed by atoms with E-state index in [2.05, 4.69) is 5.32 Å². The van der Waals surface area contributed by atoms with Crippen molar-refractivity contribution in [3.05, 3.63) is 29.3 Å². The van der Waals surface area contributed by atoms with Crippen LogP contribution in [0.1, 0.15) is 35.7 Å². The highest BCUT2D eigenvalue weighted by Crippen LogP contribution is 2.17. The molecule has 0 bridgehead atoms. The van der Waals surface area contributed by atoms with E-state index in [0.717, 1.165) is 12.8 Å². The number of benzene rings is 1. The maximum absolute atomic E-state index is 12.3. The van der Waals surface area contributed by atoms with Crippen molar-refractivity contribution < 1.29 is 17.9 Å². The Hall–Kier alpha value is -1.44. The van der Waals surface area contributed by atoms with E-state index in [1.54, 1.807) is 13.0 Å². The number of primary sulfonamides is 1. The van der Waals surface area contributed by atoms with E-state index in [0.29, 0.717) is 17.7 Å². The fraction of sp³-hybridized carbons (Fsp3) is 0.500. The van der Waals surface area contributed by atoms with Gasteiger partial charge in [-0.2, -0.15) is 0 Å². The lowest BCUT2D eigenvalue weighted by Gasteiger charge is -2.28. The van der Waals surface area contributed by atoms with E-state index >= 15 is 0 Å². The highest BCUT2D eigenvalue weighted by atomic mass is 32.2. The number of carbonyl (C=O) groups is 1. The lowest BCUT2D eigenvalue weighted by Crippen LogP contribution is -2.41. The third kappa shape index (κ3) is 4.03. The zero-order valence-electron chi connectivity index (χ0n) is 12.1. The summed E-state index contributed by atoms with van der Waals surface area (Å²) in [5.74, 6) is -0.280. The molecule has 0 spiro atoms. The zero-order valence-corrected chi connectivity index (χ0v) is 12.9. The van der Waals surface area contributed by atoms with Gasteiger partial charge in [0.2, 0.25) is 10.0 Å². The minimum atomic E-state index is -3.82. The minimum absolute atomic E-state index is 0.0405. The van der Waals surface area contributed by atoms with Gasteiger partial charge in [-0.25, -0.2) is 13.6 Å². The van der Waals surface area contributed by atoms with Crippen molar-refractivity contribution in [3.63, 3.8) is 0 Å². The Morgan fingerprint density at radius 1 is 1.43 bits per heavy atom. The number of nitrogens with one attached hydrogen (secondary N) is 1. The molecule has 1 aliphatic rings. The van der Waals surface area contributed by atoms with Crippen LogP contribution >= 0.6 is 0 Å². The van der Waals surface area contributed by atoms with Crippen LogP contribution in [0, 0.1) is 6.92 Å². The van der Waals surface area contributed by atoms with E-state index in [9.17, 15) is 13.2 Å². The number of rotatable bonds is 3. The number of ether oxygens (including phenoxy) is 1. The Morgan fingerprint density at radius 2 is 2.14 bits per heavy atom. The molecule has 2 unspecified atom stereocenters. The van der Waals surface area contributed by atoms with E-state index in [1.165, 1.54) is 12.1 Å². The van der Waals surface area contributed by atoms with E-state index in [4.69, 9.17) is 9.88 Å². The fourth-order valence-electron chi connectivity index (χ4n) is 2.42. The fourth-order valence-corrected chi connectivity index (χ4v) is 2.95. The first-order valence-corrected chi connectivity index (χ1v) is 8.38. The highest BCUT2D eigenvalue weighted by Gasteiger charge is 2.22. The van der Waals surface area contributed by atoms with Crippen molar-refractivity contribution in [1.29, 1.82) is 0 Å². The average molecular weight is 312 g/mol. The van der Waals surface area contributed by atoms with Gasteiger partial charge in [0.05, 0.1) is 11.0 Å². The van der Waals surface area contributed by atoms with Crippen LogP contribution in [0.3, 0.4) is 0 Å². The van der Waals surface area contributed by atoms with Gasteiger partial charge in [0.1, 0.15) is 0 Å². The molecule has 0 aromatic heterocycles. The smallest absolute Gasteiger partial charge is 0.251 e. The second-order valence-corrected chi connectivity index (χ2v) is 6.96. The van der Waals surface area contributed by atoms with Crippen LogP contribution in [-0.2, 0) is 14.8 Å². The summed E-state index contributed by atoms with van der Waals surface area (Å²) in [6, 6.07) is 4.35. The molecular formula is C14H20N2O4S. The maximum atomic E-state index is 12.3. The Labute approximate surface area is 124 Å². The number of carbonyl (C=O) groups excluding carboxylic acids is 1. The highest BCUT2D eigenvalue weighted by molar-refractivity contribution is 7.89. The number of hydrogen-bond acceptors (Lipinski definition) is 4. The lowest BCUT2D eigenvalue weighted by molar-refractivity contribution is 0.0136. The molecule has 2 rings (SSSR count). The molecule has 6 nitrogen and oxygen atoms in total. The van der Waals surface area contributed by atoms with Gasteiger partial charge in [-0.1, -0.05) is 6.07 Å². The summed E-state index contributed by atoms with van der Waals surface area (Å²) >= 11 is 0. The van der Waals surface area contributed by atoms with E-state index in [1.807, 2.05) is 6.92 Å². The van der Waals surface area contributed by atoms with Crippen molar-refractivity contribution in [2.45, 2.75) is 43.7 Å². The first-order valence-electron chi connectivity index (χ1n) is 6.83. The van der Waals surface area contributed by atoms with Gasteiger partial charge in [0.15, 0.2) is 0 Å². The molecule has 0 aliphatic carbocycles. The molecule has 0 saturated carbocycles. The Morgan fingerprint density at radius 3 is 2.76 bits per heavy atom. The first-order chi connectivity index (χ1) is 9.77. The van der Waals surface area contributed by atoms with Gasteiger partial charge in [-0.3, -0.25) is 4.79 Å². The minimum Gasteiger partial charge on any atom is -0.378 e. The topological polar surface area (TPSA) is 98.5 Å². The van der Waals surface area contributed by atoms with Gasteiger partial charge in [-0.05, 0) is 44.4 Å². The van der Waals surface area contributed by atoms with Crippen LogP contribution in [0.5, 0.6) is 0 Å². The molecule has 116 valence electrons. The molecule has 21 heavy (non-hydrogen) atoms. The zero-order chi connectivity index (χ0) is 15.6. The van der Waals surface area contributed by atoms with Gasteiger partial charge in [0.25, 0.3) is 5.91 Å². The maximum Gasteiger partial charge on any atom is 0.251 e. The summed E-state index contributed by atoms with van der Waals surface area (Å²) in [4.78, 5) is 12.3. The van der Waals surface area contributed by atoms with Crippen LogP contribution in [0.25, 0.3) is 0 Å². The van der Waals surface area contributed by atoms with Crippen LogP contribution in [0.2, 0.25) is 0 Å². The molecule has 1 aromatic carbocycles. The van der Waals surface area contributed by atoms with Crippen molar-refractivity contribution in [2.75, 3.05) is 6.61 Å². The summed E-state index contributed by atoms with van der Waals surface area (Å²) in [6.45, 7) is 4.34. The molecule has 0 radical (unpaired) electrons. The monoisotopic (exact) mass is 312 g/mol. The molecule has 1 aliphatic heterocycles. The number of hydrogen-bond donors (Lipinski definition) is 2. The largest absolute Gasteiger partial charge is 0.378 e. The SMILES string of the molecule is Cc1ccc(S(N)(=O)=O)cc1C(=O)NC1CCOC(C)C1. The summed E-state index contributed by atoms with van der Waals surface area (Å²) in [7, 11) is -3.82. The van der Waals surface area contributed by atoms with Gasteiger partial charge in [0, 0.05) is 18.2 Å². The summed E-state index contributed by atoms with van der Waals surface area (Å²) in [5, 5.41) is 8.03. The molecule has 1 heterocycles. The molecule has 7 heteroatoms. The van der Waals surface area contributed by atoms with Gasteiger partial charge in [-0.15, -0.1) is 0 Å². The van der Waals surface area contributed by atoms with Gasteiger partial charge < -0.3 is 10.1 Å². The van der Waals surface area contributed by atoms with Crippen LogP contribution in [0.4, 0.5) is 0 Å². The third-order valence-corrected chi connectivity index (χ3v) is 4.51. The normalized spacial score (nSPS) is 22.8. The van der Waals surface area contributed by atoms with Crippen molar-refractivity contribution in [2.24, 2.45) is 5.14 Å². The molecule has 3 N–H and O–H groups in total. The summed E-state index contributed by atoms with van der Waals surface area (Å²) < 4.78 is 28.2. The second kappa shape index (κ2) is 6.13. The van der Waals surface area contributed by atoms with Crippen LogP contribution in [0.15, 0.2) is 23.1 Å². The summed E-state index contributed by atoms with van der Waals surface area (Å²) in [5.41, 5.74) is 1.04. The van der Waals surface area contributed by atoms with Crippen molar-refractivity contribution in [1.82, 2.24) is 5.32 Å². The Balaban J connectivity index is 2.18. The number of nitrogens with two attached hydrogens (primary N) is 1. The molecule has 2 atom stereocenters. The second-order valence-electron chi connectivity index (χ2n) is 5.40. The standard InChI is InChI=1S/C14H20N2O4S/c1-9-3-4-12(21(15,18)19)8-13(9)14(17)16-11-5-6-20-10(2)7-11/h3-4,8,10-11H,5-7H2,1-2H3,(H,16,17)(H2,15,18,19). The predicted octanol–water partition coefficient (Wildman–Crippen LogP) is 0.940. The Bertz CT molecular complexity index is 642. The average Bonchev–Trinajstić information content (AvgIpc) is 2.37. The summed E-state index contributed by atoms with van der Waals surface area (Å²) in [6.07, 6.45) is 1.62. The molecule has 1 amide bonds. The van der Waals surface area contributed by atoms with E-state index < -0.39 is 10.0 Å². The molecular weight excluding hydrogens is 292 g/mol. The van der Waals surface area contributed by atoms with Crippen LogP contribution < -0.4 is 10.5 Å². The Kier molecular flexibility index (Phi) is 4.65.